The van der Waals surface area contributed by atoms with Gasteiger partial charge in [0.15, 0.2) is 18.5 Å². The van der Waals surface area contributed by atoms with Crippen molar-refractivity contribution < 1.29 is 4.39 Å². The molecule has 0 saturated carbocycles. The lowest BCUT2D eigenvalue weighted by Gasteiger charge is -2.09. The second-order valence-corrected chi connectivity index (χ2v) is 8.48. The first-order chi connectivity index (χ1) is 9.84. The summed E-state index contributed by atoms with van der Waals surface area (Å²) in [5.74, 6) is 0. The summed E-state index contributed by atoms with van der Waals surface area (Å²) in [6, 6.07) is 20.9. The second-order valence-electron chi connectivity index (χ2n) is 4.18. The van der Waals surface area contributed by atoms with Gasteiger partial charge in [-0.15, -0.1) is 0 Å². The van der Waals surface area contributed by atoms with E-state index in [1.165, 1.54) is 14.7 Å². The normalized spacial score (nSPS) is 14.5. The van der Waals surface area contributed by atoms with Crippen molar-refractivity contribution in [3.8, 4) is 0 Å². The highest BCUT2D eigenvalue weighted by Crippen LogP contribution is 2.33. The Morgan fingerprint density at radius 3 is 1.75 bits per heavy atom. The molecule has 0 atom stereocenters. The number of rotatable bonds is 3. The van der Waals surface area contributed by atoms with Gasteiger partial charge in [-0.1, -0.05) is 36.4 Å². The Hall–Kier alpha value is -1.20. The molecule has 0 aromatic heterocycles. The molecular weight excluding hydrogens is 382 g/mol. The molecule has 0 spiro atoms. The molecule has 100 valence electrons. The van der Waals surface area contributed by atoms with E-state index in [1.54, 1.807) is 6.08 Å². The lowest BCUT2D eigenvalue weighted by molar-refractivity contribution is 0.711. The Labute approximate surface area is 131 Å². The minimum atomic E-state index is -0.598. The molecule has 1 aliphatic rings. The van der Waals surface area contributed by atoms with Crippen LogP contribution in [0.3, 0.4) is 0 Å². The molecule has 0 radical (unpaired) electrons. The lowest BCUT2D eigenvalue weighted by Crippen LogP contribution is -2.08. The third kappa shape index (κ3) is 3.10. The van der Waals surface area contributed by atoms with E-state index in [0.29, 0.717) is 0 Å². The third-order valence-electron chi connectivity index (χ3n) is 2.83. The molecule has 0 bridgehead atoms. The molecule has 20 heavy (non-hydrogen) atoms. The summed E-state index contributed by atoms with van der Waals surface area (Å²) >= 11 is -0.598. The monoisotopic (exact) mass is 395 g/mol. The van der Waals surface area contributed by atoms with Crippen LogP contribution in [0.25, 0.3) is 0 Å². The van der Waals surface area contributed by atoms with Crippen LogP contribution in [0.2, 0.25) is 0 Å². The van der Waals surface area contributed by atoms with Crippen LogP contribution in [0.15, 0.2) is 91.3 Å². The smallest absolute Gasteiger partial charge is 0.172 e. The van der Waals surface area contributed by atoms with E-state index in [1.807, 2.05) is 18.2 Å². The van der Waals surface area contributed by atoms with Crippen LogP contribution in [0.5, 0.6) is 0 Å². The molecule has 2 aromatic carbocycles. The molecule has 0 amide bonds. The summed E-state index contributed by atoms with van der Waals surface area (Å²) in [5, 5.41) is 0. The van der Waals surface area contributed by atoms with Gasteiger partial charge in [-0.25, -0.2) is 4.39 Å². The van der Waals surface area contributed by atoms with E-state index in [0.717, 1.165) is 0 Å². The molecule has 0 nitrogen and oxygen atoms in total. The molecular formula is C17H13FIS+. The Morgan fingerprint density at radius 2 is 1.30 bits per heavy atom. The Bertz CT molecular complexity index is 635. The zero-order chi connectivity index (χ0) is 13.8. The van der Waals surface area contributed by atoms with Gasteiger partial charge in [-0.3, -0.25) is 0 Å². The first-order valence-corrected chi connectivity index (χ1v) is 9.78. The van der Waals surface area contributed by atoms with Gasteiger partial charge < -0.3 is 0 Å². The Morgan fingerprint density at radius 1 is 0.750 bits per heavy atom. The highest BCUT2D eigenvalue weighted by molar-refractivity contribution is 14.2. The SMILES string of the molecule is FC1=CC=C([S+](c2ccccc2)c2ccccc2)C=I1. The minimum absolute atomic E-state index is 0.0391. The molecule has 3 rings (SSSR count). The van der Waals surface area contributed by atoms with E-state index in [2.05, 4.69) is 52.5 Å². The van der Waals surface area contributed by atoms with Crippen LogP contribution >= 0.6 is 20.7 Å². The summed E-state index contributed by atoms with van der Waals surface area (Å²) < 4.78 is 15.4. The summed E-state index contributed by atoms with van der Waals surface area (Å²) in [5.41, 5.74) is 0. The minimum Gasteiger partial charge on any atom is -0.200 e. The second kappa shape index (κ2) is 6.50. The molecule has 0 N–H and O–H groups in total. The number of benzene rings is 2. The van der Waals surface area contributed by atoms with Gasteiger partial charge in [-0.05, 0) is 57.1 Å². The average molecular weight is 395 g/mol. The summed E-state index contributed by atoms with van der Waals surface area (Å²) in [4.78, 5) is 3.79. The van der Waals surface area contributed by atoms with Gasteiger partial charge >= 0.3 is 0 Å². The molecule has 3 heteroatoms. The summed E-state index contributed by atoms with van der Waals surface area (Å²) in [6.45, 7) is 0. The largest absolute Gasteiger partial charge is 0.200 e. The Balaban J connectivity index is 2.08. The topological polar surface area (TPSA) is 0 Å². The predicted octanol–water partition coefficient (Wildman–Crippen LogP) is 5.20. The molecule has 2 aromatic rings. The van der Waals surface area contributed by atoms with Crippen LogP contribution < -0.4 is 0 Å². The first-order valence-electron chi connectivity index (χ1n) is 6.23. The number of hydrogen-bond donors (Lipinski definition) is 0. The molecule has 0 unspecified atom stereocenters. The lowest BCUT2D eigenvalue weighted by atomic mass is 10.4. The fourth-order valence-corrected chi connectivity index (χ4v) is 6.19. The fraction of sp³-hybridized carbons (Fsp3) is 0. The summed E-state index contributed by atoms with van der Waals surface area (Å²) in [7, 11) is -0.131. The number of allylic oxidation sites excluding steroid dienone is 3. The van der Waals surface area contributed by atoms with Crippen molar-refractivity contribution in [1.29, 1.82) is 0 Å². The van der Waals surface area contributed by atoms with Gasteiger partial charge in [0.1, 0.15) is 0 Å². The number of halogens is 2. The standard InChI is InChI=1S/C17H13FIS/c18-17-12-11-16(13-19-17)20(14-7-3-1-4-8-14)15-9-5-2-6-10-15/h1-13H/q+1. The van der Waals surface area contributed by atoms with Crippen molar-refractivity contribution in [2.45, 2.75) is 9.79 Å². The predicted molar refractivity (Wildman–Crippen MR) is 94.1 cm³/mol. The van der Waals surface area contributed by atoms with E-state index in [4.69, 9.17) is 0 Å². The number of hydrogen-bond acceptors (Lipinski definition) is 0. The highest BCUT2D eigenvalue weighted by Gasteiger charge is 2.29. The van der Waals surface area contributed by atoms with Crippen LogP contribution in [-0.2, 0) is 10.9 Å². The van der Waals surface area contributed by atoms with Crippen molar-refractivity contribution in [3.05, 3.63) is 81.6 Å². The van der Waals surface area contributed by atoms with Gasteiger partial charge in [0.2, 0.25) is 0 Å². The maximum absolute atomic E-state index is 13.3. The quantitative estimate of drug-likeness (QED) is 0.495. The molecule has 1 aliphatic heterocycles. The molecule has 1 heterocycles. The van der Waals surface area contributed by atoms with Crippen molar-refractivity contribution in [1.82, 2.24) is 0 Å². The van der Waals surface area contributed by atoms with E-state index in [9.17, 15) is 4.39 Å². The molecule has 0 saturated heterocycles. The van der Waals surface area contributed by atoms with E-state index >= 15 is 0 Å². The van der Waals surface area contributed by atoms with Gasteiger partial charge in [0.25, 0.3) is 0 Å². The molecule has 0 fully saturated rings. The van der Waals surface area contributed by atoms with Crippen molar-refractivity contribution >= 4 is 35.6 Å². The van der Waals surface area contributed by atoms with Crippen molar-refractivity contribution in [2.24, 2.45) is 0 Å². The van der Waals surface area contributed by atoms with Crippen LogP contribution in [0, 0.1) is 0 Å². The maximum Gasteiger partial charge on any atom is 0.172 e. The highest BCUT2D eigenvalue weighted by atomic mass is 127. The van der Waals surface area contributed by atoms with E-state index in [-0.39, 0.29) is 14.7 Å². The van der Waals surface area contributed by atoms with Crippen LogP contribution in [-0.4, -0.2) is 4.01 Å². The van der Waals surface area contributed by atoms with E-state index < -0.39 is 20.7 Å². The van der Waals surface area contributed by atoms with Crippen molar-refractivity contribution in [2.75, 3.05) is 0 Å². The fourth-order valence-electron chi connectivity index (χ4n) is 1.96. The first kappa shape index (κ1) is 13.8. The van der Waals surface area contributed by atoms with Crippen molar-refractivity contribution in [3.63, 3.8) is 0 Å². The zero-order valence-electron chi connectivity index (χ0n) is 10.7. The van der Waals surface area contributed by atoms with Gasteiger partial charge in [0.05, 0.1) is 10.9 Å². The average Bonchev–Trinajstić information content (AvgIpc) is 2.52. The molecule has 0 aliphatic carbocycles. The summed E-state index contributed by atoms with van der Waals surface area (Å²) in [6.07, 6.45) is 3.57. The Kier molecular flexibility index (Phi) is 4.47. The van der Waals surface area contributed by atoms with Gasteiger partial charge in [0, 0.05) is 4.01 Å². The zero-order valence-corrected chi connectivity index (χ0v) is 13.6. The van der Waals surface area contributed by atoms with Gasteiger partial charge in [-0.2, -0.15) is 0 Å². The third-order valence-corrected chi connectivity index (χ3v) is 7.41. The van der Waals surface area contributed by atoms with Crippen LogP contribution in [0.4, 0.5) is 4.39 Å². The maximum atomic E-state index is 13.3. The van der Waals surface area contributed by atoms with Crippen LogP contribution in [0.1, 0.15) is 0 Å².